The third-order valence-electron chi connectivity index (χ3n) is 1.72. The molecule has 0 saturated heterocycles. The Kier molecular flexibility index (Phi) is 4.35. The number of nitrogens with one attached hydrogen (secondary N) is 1. The van der Waals surface area contributed by atoms with Crippen LogP contribution in [0.3, 0.4) is 0 Å². The van der Waals surface area contributed by atoms with E-state index in [2.05, 4.69) is 20.0 Å². The number of anilines is 1. The molecule has 1 rings (SSSR count). The van der Waals surface area contributed by atoms with Crippen molar-refractivity contribution in [2.24, 2.45) is 5.14 Å². The van der Waals surface area contributed by atoms with Crippen molar-refractivity contribution in [3.05, 3.63) is 18.1 Å². The van der Waals surface area contributed by atoms with Gasteiger partial charge in [-0.15, -0.1) is 0 Å². The molecule has 0 amide bonds. The topological polar surface area (TPSA) is 124 Å². The van der Waals surface area contributed by atoms with Crippen LogP contribution in [0, 0.1) is 0 Å². The average molecular weight is 260 g/mol. The summed E-state index contributed by atoms with van der Waals surface area (Å²) in [5.41, 5.74) is 0.0353. The highest BCUT2D eigenvalue weighted by molar-refractivity contribution is 7.89. The van der Waals surface area contributed by atoms with Crippen molar-refractivity contribution in [2.75, 3.05) is 24.7 Å². The molecule has 0 aliphatic carbocycles. The molecule has 0 fully saturated rings. The number of esters is 1. The summed E-state index contributed by atoms with van der Waals surface area (Å²) >= 11 is 0. The lowest BCUT2D eigenvalue weighted by atomic mass is 10.4. The van der Waals surface area contributed by atoms with Gasteiger partial charge >= 0.3 is 5.97 Å². The minimum atomic E-state index is -3.53. The van der Waals surface area contributed by atoms with E-state index in [1.54, 1.807) is 0 Å². The van der Waals surface area contributed by atoms with Crippen LogP contribution < -0.4 is 10.5 Å². The second kappa shape index (κ2) is 5.55. The van der Waals surface area contributed by atoms with E-state index in [1.165, 1.54) is 19.5 Å². The van der Waals surface area contributed by atoms with Crippen molar-refractivity contribution in [3.8, 4) is 0 Å². The van der Waals surface area contributed by atoms with Gasteiger partial charge in [-0.25, -0.2) is 23.3 Å². The number of primary sulfonamides is 1. The van der Waals surface area contributed by atoms with Crippen LogP contribution in [-0.4, -0.2) is 43.8 Å². The molecule has 1 aromatic rings. The van der Waals surface area contributed by atoms with E-state index in [9.17, 15) is 13.2 Å². The number of rotatable bonds is 5. The van der Waals surface area contributed by atoms with Crippen molar-refractivity contribution in [1.29, 1.82) is 0 Å². The standard InChI is InChI=1S/C8H12N4O4S/c1-16-8(13)6-4-10-5-7(12-6)11-2-3-17(9,14)15/h4-5H,2-3H2,1H3,(H,11,12)(H2,9,14,15). The van der Waals surface area contributed by atoms with E-state index in [0.29, 0.717) is 0 Å². The van der Waals surface area contributed by atoms with Gasteiger partial charge in [0.25, 0.3) is 0 Å². The first-order valence-corrected chi connectivity index (χ1v) is 6.28. The van der Waals surface area contributed by atoms with Crippen LogP contribution in [0.5, 0.6) is 0 Å². The molecule has 94 valence electrons. The van der Waals surface area contributed by atoms with Crippen LogP contribution >= 0.6 is 0 Å². The molecule has 0 aromatic carbocycles. The summed E-state index contributed by atoms with van der Waals surface area (Å²) < 4.78 is 25.8. The van der Waals surface area contributed by atoms with E-state index in [4.69, 9.17) is 5.14 Å². The number of hydrogen-bond donors (Lipinski definition) is 2. The number of sulfonamides is 1. The van der Waals surface area contributed by atoms with Crippen molar-refractivity contribution in [3.63, 3.8) is 0 Å². The Bertz CT molecular complexity index is 502. The first-order chi connectivity index (χ1) is 7.92. The summed E-state index contributed by atoms with van der Waals surface area (Å²) in [6.45, 7) is 0.0815. The smallest absolute Gasteiger partial charge is 0.358 e. The van der Waals surface area contributed by atoms with Gasteiger partial charge in [0.1, 0.15) is 5.82 Å². The van der Waals surface area contributed by atoms with E-state index in [-0.39, 0.29) is 23.8 Å². The third kappa shape index (κ3) is 4.74. The van der Waals surface area contributed by atoms with E-state index < -0.39 is 16.0 Å². The molecule has 0 bridgehead atoms. The lowest BCUT2D eigenvalue weighted by Gasteiger charge is -2.05. The highest BCUT2D eigenvalue weighted by atomic mass is 32.2. The fourth-order valence-electron chi connectivity index (χ4n) is 0.975. The number of nitrogens with two attached hydrogens (primary N) is 1. The Morgan fingerprint density at radius 1 is 1.53 bits per heavy atom. The Hall–Kier alpha value is -1.74. The number of nitrogens with zero attached hydrogens (tertiary/aromatic N) is 2. The summed E-state index contributed by atoms with van der Waals surface area (Å²) in [7, 11) is -2.30. The van der Waals surface area contributed by atoms with Crippen molar-refractivity contribution in [1.82, 2.24) is 9.97 Å². The lowest BCUT2D eigenvalue weighted by Crippen LogP contribution is -2.22. The van der Waals surface area contributed by atoms with Gasteiger partial charge in [-0.05, 0) is 0 Å². The van der Waals surface area contributed by atoms with Crippen LogP contribution in [0.25, 0.3) is 0 Å². The summed E-state index contributed by atoms with van der Waals surface area (Å²) in [6, 6.07) is 0. The van der Waals surface area contributed by atoms with Gasteiger partial charge in [-0.2, -0.15) is 0 Å². The Morgan fingerprint density at radius 3 is 2.82 bits per heavy atom. The summed E-state index contributed by atoms with van der Waals surface area (Å²) in [4.78, 5) is 18.8. The van der Waals surface area contributed by atoms with Gasteiger partial charge in [-0.3, -0.25) is 4.98 Å². The number of methoxy groups -OCH3 is 1. The maximum absolute atomic E-state index is 11.1. The van der Waals surface area contributed by atoms with Gasteiger partial charge in [-0.1, -0.05) is 0 Å². The van der Waals surface area contributed by atoms with Crippen LogP contribution in [0.1, 0.15) is 10.5 Å². The predicted octanol–water partition coefficient (Wildman–Crippen LogP) is -1.04. The lowest BCUT2D eigenvalue weighted by molar-refractivity contribution is 0.0593. The number of carbonyl (C=O) groups is 1. The molecule has 3 N–H and O–H groups in total. The maximum atomic E-state index is 11.1. The van der Waals surface area contributed by atoms with E-state index in [1.807, 2.05) is 0 Å². The quantitative estimate of drug-likeness (QED) is 0.648. The Balaban J connectivity index is 2.63. The Morgan fingerprint density at radius 2 is 2.24 bits per heavy atom. The zero-order valence-electron chi connectivity index (χ0n) is 9.08. The zero-order chi connectivity index (χ0) is 12.9. The molecule has 0 spiro atoms. The molecular weight excluding hydrogens is 248 g/mol. The van der Waals surface area contributed by atoms with Crippen LogP contribution in [-0.2, 0) is 14.8 Å². The molecule has 17 heavy (non-hydrogen) atoms. The molecular formula is C8H12N4O4S. The van der Waals surface area contributed by atoms with Crippen LogP contribution in [0.15, 0.2) is 12.4 Å². The fraction of sp³-hybridized carbons (Fsp3) is 0.375. The second-order valence-electron chi connectivity index (χ2n) is 3.07. The Labute approximate surface area is 98.3 Å². The number of aromatic nitrogens is 2. The van der Waals surface area contributed by atoms with Crippen molar-refractivity contribution >= 4 is 21.8 Å². The molecule has 0 aliphatic rings. The normalized spacial score (nSPS) is 10.9. The van der Waals surface area contributed by atoms with Gasteiger partial charge in [0.2, 0.25) is 10.0 Å². The van der Waals surface area contributed by atoms with Crippen LogP contribution in [0.2, 0.25) is 0 Å². The monoisotopic (exact) mass is 260 g/mol. The summed E-state index contributed by atoms with van der Waals surface area (Å²) in [5.74, 6) is -0.582. The highest BCUT2D eigenvalue weighted by Crippen LogP contribution is 2.02. The molecule has 0 unspecified atom stereocenters. The SMILES string of the molecule is COC(=O)c1cncc(NCCS(N)(=O)=O)n1. The van der Waals surface area contributed by atoms with Crippen LogP contribution in [0.4, 0.5) is 5.82 Å². The molecule has 9 heteroatoms. The molecule has 0 radical (unpaired) electrons. The molecule has 0 atom stereocenters. The van der Waals surface area contributed by atoms with Gasteiger partial charge < -0.3 is 10.1 Å². The highest BCUT2D eigenvalue weighted by Gasteiger charge is 2.08. The minimum Gasteiger partial charge on any atom is -0.464 e. The van der Waals surface area contributed by atoms with Gasteiger partial charge in [0.05, 0.1) is 25.3 Å². The van der Waals surface area contributed by atoms with Crippen molar-refractivity contribution < 1.29 is 17.9 Å². The number of carbonyl (C=O) groups excluding carboxylic acids is 1. The third-order valence-corrected chi connectivity index (χ3v) is 2.49. The first-order valence-electron chi connectivity index (χ1n) is 4.57. The molecule has 0 saturated carbocycles. The number of ether oxygens (including phenoxy) is 1. The van der Waals surface area contributed by atoms with Gasteiger partial charge in [0.15, 0.2) is 5.69 Å². The maximum Gasteiger partial charge on any atom is 0.358 e. The second-order valence-corrected chi connectivity index (χ2v) is 4.81. The van der Waals surface area contributed by atoms with Gasteiger partial charge in [0, 0.05) is 6.54 Å². The zero-order valence-corrected chi connectivity index (χ0v) is 9.90. The average Bonchev–Trinajstić information content (AvgIpc) is 2.27. The summed E-state index contributed by atoms with van der Waals surface area (Å²) in [6.07, 6.45) is 2.60. The van der Waals surface area contributed by atoms with Crippen molar-refractivity contribution in [2.45, 2.75) is 0 Å². The minimum absolute atomic E-state index is 0.0353. The largest absolute Gasteiger partial charge is 0.464 e. The molecule has 0 aliphatic heterocycles. The molecule has 1 aromatic heterocycles. The van der Waals surface area contributed by atoms with E-state index >= 15 is 0 Å². The predicted molar refractivity (Wildman–Crippen MR) is 59.8 cm³/mol. The fourth-order valence-corrected chi connectivity index (χ4v) is 1.36. The number of hydrogen-bond acceptors (Lipinski definition) is 7. The summed E-state index contributed by atoms with van der Waals surface area (Å²) in [5, 5.41) is 7.50. The first kappa shape index (κ1) is 13.3. The van der Waals surface area contributed by atoms with E-state index in [0.717, 1.165) is 0 Å². The molecule has 1 heterocycles. The molecule has 8 nitrogen and oxygen atoms in total.